The number of nitrogens with zero attached hydrogens (tertiary/aromatic N) is 1. The summed E-state index contributed by atoms with van der Waals surface area (Å²) in [5.74, 6) is -0.476. The molecule has 0 saturated carbocycles. The Morgan fingerprint density at radius 3 is 2.93 bits per heavy atom. The van der Waals surface area contributed by atoms with E-state index < -0.39 is 5.95 Å². The lowest BCUT2D eigenvalue weighted by molar-refractivity contribution is 0.582. The van der Waals surface area contributed by atoms with E-state index in [4.69, 9.17) is 11.6 Å². The molecule has 0 atom stereocenters. The van der Waals surface area contributed by atoms with Crippen molar-refractivity contribution in [3.8, 4) is 0 Å². The van der Waals surface area contributed by atoms with Crippen LogP contribution in [0, 0.1) is 12.9 Å². The highest BCUT2D eigenvalue weighted by atomic mass is 35.5. The van der Waals surface area contributed by atoms with E-state index in [0.29, 0.717) is 10.7 Å². The fourth-order valence-corrected chi connectivity index (χ4v) is 1.33. The third-order valence-electron chi connectivity index (χ3n) is 1.90. The number of hydrogen-bond acceptors (Lipinski definition) is 1. The third-order valence-corrected chi connectivity index (χ3v) is 2.18. The van der Waals surface area contributed by atoms with Gasteiger partial charge in [0.1, 0.15) is 0 Å². The predicted octanol–water partition coefficient (Wildman–Crippen LogP) is 4.08. The summed E-state index contributed by atoms with van der Waals surface area (Å²) in [5, 5.41) is 0.642. The lowest BCUT2D eigenvalue weighted by Gasteiger charge is -1.98. The molecule has 0 N–H and O–H groups in total. The molecule has 1 rings (SSSR count). The van der Waals surface area contributed by atoms with E-state index in [0.717, 1.165) is 12.0 Å². The van der Waals surface area contributed by atoms with Gasteiger partial charge in [0, 0.05) is 5.03 Å². The molecule has 0 bridgehead atoms. The van der Waals surface area contributed by atoms with E-state index in [1.54, 1.807) is 18.2 Å². The molecule has 1 aromatic heterocycles. The van der Waals surface area contributed by atoms with Gasteiger partial charge < -0.3 is 0 Å². The summed E-state index contributed by atoms with van der Waals surface area (Å²) >= 11 is 5.88. The van der Waals surface area contributed by atoms with E-state index in [1.807, 2.05) is 19.9 Å². The Balaban J connectivity index is 2.89. The zero-order valence-corrected chi connectivity index (χ0v) is 9.55. The van der Waals surface area contributed by atoms with E-state index in [9.17, 15) is 4.39 Å². The van der Waals surface area contributed by atoms with Crippen LogP contribution in [-0.2, 0) is 0 Å². The van der Waals surface area contributed by atoms with Gasteiger partial charge in [-0.1, -0.05) is 30.7 Å². The van der Waals surface area contributed by atoms with Gasteiger partial charge in [-0.3, -0.25) is 0 Å². The highest BCUT2D eigenvalue weighted by molar-refractivity contribution is 6.31. The van der Waals surface area contributed by atoms with Gasteiger partial charge >= 0.3 is 0 Å². The number of aromatic nitrogens is 1. The van der Waals surface area contributed by atoms with E-state index >= 15 is 0 Å². The topological polar surface area (TPSA) is 12.9 Å². The molecule has 0 aliphatic carbocycles. The smallest absolute Gasteiger partial charge is 0.213 e. The second-order valence-electron chi connectivity index (χ2n) is 3.17. The van der Waals surface area contributed by atoms with Crippen molar-refractivity contribution in [2.45, 2.75) is 20.3 Å². The SMILES string of the molecule is CC/C=C(Cl)/C=C\c1nc(F)ccc1C. The van der Waals surface area contributed by atoms with Gasteiger partial charge in [0.15, 0.2) is 0 Å². The summed E-state index contributed by atoms with van der Waals surface area (Å²) < 4.78 is 12.8. The quantitative estimate of drug-likeness (QED) is 0.558. The fourth-order valence-electron chi connectivity index (χ4n) is 1.11. The average molecular weight is 226 g/mol. The fraction of sp³-hybridized carbons (Fsp3) is 0.250. The predicted molar refractivity (Wildman–Crippen MR) is 62.2 cm³/mol. The van der Waals surface area contributed by atoms with Gasteiger partial charge in [-0.2, -0.15) is 4.39 Å². The zero-order valence-electron chi connectivity index (χ0n) is 8.80. The Kier molecular flexibility index (Phi) is 4.50. The first kappa shape index (κ1) is 11.9. The van der Waals surface area contributed by atoms with E-state index in [2.05, 4.69) is 4.98 Å². The molecule has 0 unspecified atom stereocenters. The average Bonchev–Trinajstić information content (AvgIpc) is 2.20. The van der Waals surface area contributed by atoms with Crippen LogP contribution in [-0.4, -0.2) is 4.98 Å². The minimum Gasteiger partial charge on any atom is -0.220 e. The number of allylic oxidation sites excluding steroid dienone is 3. The summed E-state index contributed by atoms with van der Waals surface area (Å²) in [4.78, 5) is 3.77. The number of hydrogen-bond donors (Lipinski definition) is 0. The van der Waals surface area contributed by atoms with Crippen LogP contribution in [0.25, 0.3) is 6.08 Å². The van der Waals surface area contributed by atoms with Gasteiger partial charge in [0.05, 0.1) is 5.69 Å². The van der Waals surface area contributed by atoms with Crippen LogP contribution in [0.3, 0.4) is 0 Å². The molecule has 0 amide bonds. The standard InChI is InChI=1S/C12H13ClFN/c1-3-4-10(13)6-7-11-9(2)5-8-12(14)15-11/h4-8H,3H2,1-2H3/b7-6-,10-4-. The zero-order chi connectivity index (χ0) is 11.3. The van der Waals surface area contributed by atoms with Crippen LogP contribution in [0.15, 0.2) is 29.3 Å². The summed E-state index contributed by atoms with van der Waals surface area (Å²) in [5.41, 5.74) is 1.53. The van der Waals surface area contributed by atoms with Crippen LogP contribution >= 0.6 is 11.6 Å². The van der Waals surface area contributed by atoms with Crippen molar-refractivity contribution in [1.29, 1.82) is 0 Å². The minimum atomic E-state index is -0.476. The Morgan fingerprint density at radius 2 is 2.27 bits per heavy atom. The maximum absolute atomic E-state index is 12.8. The molecule has 0 spiro atoms. The van der Waals surface area contributed by atoms with E-state index in [1.165, 1.54) is 6.07 Å². The maximum Gasteiger partial charge on any atom is 0.213 e. The van der Waals surface area contributed by atoms with Crippen LogP contribution < -0.4 is 0 Å². The van der Waals surface area contributed by atoms with Crippen LogP contribution in [0.5, 0.6) is 0 Å². The number of rotatable bonds is 3. The maximum atomic E-state index is 12.8. The molecule has 0 fully saturated rings. The third kappa shape index (κ3) is 3.84. The second kappa shape index (κ2) is 5.66. The van der Waals surface area contributed by atoms with Crippen molar-refractivity contribution >= 4 is 17.7 Å². The molecule has 80 valence electrons. The molecule has 3 heteroatoms. The van der Waals surface area contributed by atoms with Crippen LogP contribution in [0.1, 0.15) is 24.6 Å². The van der Waals surface area contributed by atoms with Crippen LogP contribution in [0.4, 0.5) is 4.39 Å². The first-order valence-electron chi connectivity index (χ1n) is 4.80. The molecule has 0 radical (unpaired) electrons. The Bertz CT molecular complexity index is 397. The summed E-state index contributed by atoms with van der Waals surface area (Å²) in [7, 11) is 0. The molecule has 1 heterocycles. The van der Waals surface area contributed by atoms with Gasteiger partial charge in [0.25, 0.3) is 0 Å². The van der Waals surface area contributed by atoms with Gasteiger partial charge in [-0.05, 0) is 37.1 Å². The van der Waals surface area contributed by atoms with Crippen molar-refractivity contribution in [1.82, 2.24) is 4.98 Å². The molecule has 1 nitrogen and oxygen atoms in total. The highest BCUT2D eigenvalue weighted by Crippen LogP contribution is 2.11. The Morgan fingerprint density at radius 1 is 1.53 bits per heavy atom. The lowest BCUT2D eigenvalue weighted by Crippen LogP contribution is -1.89. The molecule has 0 aliphatic rings. The van der Waals surface area contributed by atoms with E-state index in [-0.39, 0.29) is 0 Å². The Labute approximate surface area is 94.3 Å². The monoisotopic (exact) mass is 225 g/mol. The molecule has 0 aliphatic heterocycles. The molecule has 0 aromatic carbocycles. The van der Waals surface area contributed by atoms with Crippen molar-refractivity contribution in [2.24, 2.45) is 0 Å². The van der Waals surface area contributed by atoms with Crippen molar-refractivity contribution in [3.63, 3.8) is 0 Å². The Hall–Kier alpha value is -1.15. The van der Waals surface area contributed by atoms with Crippen molar-refractivity contribution in [2.75, 3.05) is 0 Å². The van der Waals surface area contributed by atoms with Gasteiger partial charge in [-0.25, -0.2) is 4.98 Å². The first-order valence-corrected chi connectivity index (χ1v) is 5.18. The summed E-state index contributed by atoms with van der Waals surface area (Å²) in [6.07, 6.45) is 6.19. The van der Waals surface area contributed by atoms with Crippen molar-refractivity contribution in [3.05, 3.63) is 46.5 Å². The first-order chi connectivity index (χ1) is 7.13. The summed E-state index contributed by atoms with van der Waals surface area (Å²) in [6, 6.07) is 3.04. The van der Waals surface area contributed by atoms with Gasteiger partial charge in [-0.15, -0.1) is 0 Å². The lowest BCUT2D eigenvalue weighted by atomic mass is 10.2. The molecular formula is C12H13ClFN. The highest BCUT2D eigenvalue weighted by Gasteiger charge is 1.97. The normalized spacial score (nSPS) is 12.4. The van der Waals surface area contributed by atoms with Gasteiger partial charge in [0.2, 0.25) is 5.95 Å². The molecule has 0 saturated heterocycles. The molecule has 1 aromatic rings. The van der Waals surface area contributed by atoms with Crippen molar-refractivity contribution < 1.29 is 4.39 Å². The summed E-state index contributed by atoms with van der Waals surface area (Å²) in [6.45, 7) is 3.88. The van der Waals surface area contributed by atoms with Crippen LogP contribution in [0.2, 0.25) is 0 Å². The second-order valence-corrected chi connectivity index (χ2v) is 3.60. The number of aryl methyl sites for hydroxylation is 1. The molecule has 15 heavy (non-hydrogen) atoms. The molecular weight excluding hydrogens is 213 g/mol. The largest absolute Gasteiger partial charge is 0.220 e. The number of halogens is 2. The minimum absolute atomic E-state index is 0.476. The number of pyridine rings is 1.